The Bertz CT molecular complexity index is 415. The van der Waals surface area contributed by atoms with Gasteiger partial charge in [-0.3, -0.25) is 10.5 Å². The molecule has 114 valence electrons. The van der Waals surface area contributed by atoms with E-state index in [0.29, 0.717) is 5.02 Å². The highest BCUT2D eigenvalue weighted by molar-refractivity contribution is 6.31. The molecule has 0 saturated heterocycles. The van der Waals surface area contributed by atoms with Gasteiger partial charge in [0.25, 0.3) is 0 Å². The van der Waals surface area contributed by atoms with Crippen molar-refractivity contribution in [2.45, 2.75) is 50.1 Å². The van der Waals surface area contributed by atoms with Crippen molar-refractivity contribution in [2.24, 2.45) is 12.9 Å². The van der Waals surface area contributed by atoms with E-state index in [9.17, 15) is 0 Å². The third-order valence-electron chi connectivity index (χ3n) is 4.78. The number of aromatic nitrogens is 2. The number of halogens is 1. The van der Waals surface area contributed by atoms with E-state index in [1.54, 1.807) is 6.20 Å². The zero-order chi connectivity index (χ0) is 14.8. The van der Waals surface area contributed by atoms with Gasteiger partial charge in [-0.25, -0.2) is 5.43 Å². The molecule has 0 radical (unpaired) electrons. The Kier molecular flexibility index (Phi) is 5.07. The van der Waals surface area contributed by atoms with Gasteiger partial charge in [-0.05, 0) is 26.9 Å². The smallest absolute Gasteiger partial charge is 0.0835 e. The number of likely N-dealkylation sites (N-methyl/N-ethyl adjacent to an activating group) is 1. The van der Waals surface area contributed by atoms with Crippen LogP contribution in [-0.4, -0.2) is 34.3 Å². The fourth-order valence-electron chi connectivity index (χ4n) is 3.57. The van der Waals surface area contributed by atoms with Gasteiger partial charge in [-0.15, -0.1) is 0 Å². The molecule has 3 N–H and O–H groups in total. The molecule has 1 aromatic rings. The molecule has 1 aliphatic carbocycles. The minimum Gasteiger partial charge on any atom is -0.302 e. The lowest BCUT2D eigenvalue weighted by atomic mass is 9.80. The Morgan fingerprint density at radius 3 is 2.35 bits per heavy atom. The van der Waals surface area contributed by atoms with E-state index in [0.717, 1.165) is 18.5 Å². The molecule has 2 rings (SSSR count). The fourth-order valence-corrected chi connectivity index (χ4v) is 3.84. The summed E-state index contributed by atoms with van der Waals surface area (Å²) in [6.45, 7) is 0. The molecule has 1 saturated carbocycles. The maximum Gasteiger partial charge on any atom is 0.0835 e. The minimum absolute atomic E-state index is 0.0112. The van der Waals surface area contributed by atoms with Gasteiger partial charge in [0.1, 0.15) is 0 Å². The molecule has 1 heterocycles. The second-order valence-corrected chi connectivity index (χ2v) is 6.42. The molecule has 1 atom stereocenters. The van der Waals surface area contributed by atoms with Crippen LogP contribution in [0.1, 0.15) is 50.3 Å². The lowest BCUT2D eigenvalue weighted by molar-refractivity contribution is 0.0765. The Balaban J connectivity index is 2.44. The van der Waals surface area contributed by atoms with Gasteiger partial charge in [-0.1, -0.05) is 37.3 Å². The Labute approximate surface area is 126 Å². The normalized spacial score (nSPS) is 20.9. The second kappa shape index (κ2) is 6.43. The first-order valence-corrected chi connectivity index (χ1v) is 7.71. The zero-order valence-electron chi connectivity index (χ0n) is 12.7. The summed E-state index contributed by atoms with van der Waals surface area (Å²) in [5, 5.41) is 4.95. The maximum atomic E-state index is 6.35. The lowest BCUT2D eigenvalue weighted by Gasteiger charge is -2.45. The second-order valence-electron chi connectivity index (χ2n) is 6.01. The standard InChI is InChI=1S/C14H26ClN5/c1-19(2)14(8-6-4-5-7-9-14)13(18-16)12-11(15)10-17-20(12)3/h10,13,18H,4-9,16H2,1-3H3. The molecular formula is C14H26ClN5. The van der Waals surface area contributed by atoms with Crippen molar-refractivity contribution >= 4 is 11.6 Å². The van der Waals surface area contributed by atoms with Crippen LogP contribution in [0.4, 0.5) is 0 Å². The van der Waals surface area contributed by atoms with Crippen molar-refractivity contribution in [3.8, 4) is 0 Å². The van der Waals surface area contributed by atoms with Gasteiger partial charge in [0, 0.05) is 12.6 Å². The number of aryl methyl sites for hydroxylation is 1. The minimum atomic E-state index is -0.0180. The number of rotatable bonds is 4. The maximum absolute atomic E-state index is 6.35. The summed E-state index contributed by atoms with van der Waals surface area (Å²) in [7, 11) is 6.20. The molecule has 1 fully saturated rings. The highest BCUT2D eigenvalue weighted by atomic mass is 35.5. The van der Waals surface area contributed by atoms with Crippen molar-refractivity contribution in [2.75, 3.05) is 14.1 Å². The van der Waals surface area contributed by atoms with Crippen molar-refractivity contribution in [1.29, 1.82) is 0 Å². The summed E-state index contributed by atoms with van der Waals surface area (Å²) in [5.41, 5.74) is 3.98. The van der Waals surface area contributed by atoms with Crippen LogP contribution in [0.2, 0.25) is 5.02 Å². The van der Waals surface area contributed by atoms with Crippen molar-refractivity contribution in [3.63, 3.8) is 0 Å². The average molecular weight is 300 g/mol. The van der Waals surface area contributed by atoms with Crippen LogP contribution >= 0.6 is 11.6 Å². The van der Waals surface area contributed by atoms with E-state index >= 15 is 0 Å². The number of nitrogens with two attached hydrogens (primary N) is 1. The molecule has 1 aromatic heterocycles. The van der Waals surface area contributed by atoms with Gasteiger partial charge in [0.15, 0.2) is 0 Å². The van der Waals surface area contributed by atoms with Crippen LogP contribution in [-0.2, 0) is 7.05 Å². The molecule has 0 aliphatic heterocycles. The molecule has 0 bridgehead atoms. The van der Waals surface area contributed by atoms with Gasteiger partial charge in [0.2, 0.25) is 0 Å². The van der Waals surface area contributed by atoms with E-state index in [-0.39, 0.29) is 11.6 Å². The summed E-state index contributed by atoms with van der Waals surface area (Å²) in [5.74, 6) is 5.93. The average Bonchev–Trinajstić information content (AvgIpc) is 2.65. The molecule has 0 spiro atoms. The van der Waals surface area contributed by atoms with E-state index in [1.165, 1.54) is 25.7 Å². The molecule has 6 heteroatoms. The monoisotopic (exact) mass is 299 g/mol. The zero-order valence-corrected chi connectivity index (χ0v) is 13.5. The Morgan fingerprint density at radius 2 is 1.95 bits per heavy atom. The first-order valence-electron chi connectivity index (χ1n) is 7.34. The third kappa shape index (κ3) is 2.72. The fraction of sp³-hybridized carbons (Fsp3) is 0.786. The topological polar surface area (TPSA) is 59.1 Å². The van der Waals surface area contributed by atoms with E-state index in [1.807, 2.05) is 11.7 Å². The van der Waals surface area contributed by atoms with Crippen LogP contribution in [0.5, 0.6) is 0 Å². The van der Waals surface area contributed by atoms with Crippen molar-refractivity contribution in [3.05, 3.63) is 16.9 Å². The summed E-state index contributed by atoms with van der Waals surface area (Å²) in [6.07, 6.45) is 8.99. The van der Waals surface area contributed by atoms with Crippen LogP contribution in [0, 0.1) is 0 Å². The first kappa shape index (κ1) is 15.8. The van der Waals surface area contributed by atoms with Crippen molar-refractivity contribution in [1.82, 2.24) is 20.1 Å². The first-order chi connectivity index (χ1) is 9.53. The molecule has 1 unspecified atom stereocenters. The predicted molar refractivity (Wildman–Crippen MR) is 82.4 cm³/mol. The van der Waals surface area contributed by atoms with Crippen LogP contribution in [0.15, 0.2) is 6.20 Å². The molecule has 0 amide bonds. The largest absolute Gasteiger partial charge is 0.302 e. The lowest BCUT2D eigenvalue weighted by Crippen LogP contribution is -2.55. The third-order valence-corrected chi connectivity index (χ3v) is 5.07. The Hall–Kier alpha value is -0.620. The van der Waals surface area contributed by atoms with Gasteiger partial charge in [-0.2, -0.15) is 5.10 Å². The SMILES string of the molecule is CN(C)C1(C(NN)c2c(Cl)cnn2C)CCCCCC1. The van der Waals surface area contributed by atoms with Crippen LogP contribution < -0.4 is 11.3 Å². The van der Waals surface area contributed by atoms with E-state index in [4.69, 9.17) is 17.4 Å². The molecule has 20 heavy (non-hydrogen) atoms. The number of hydrazine groups is 1. The van der Waals surface area contributed by atoms with Gasteiger partial charge in [0.05, 0.1) is 23.0 Å². The highest BCUT2D eigenvalue weighted by Crippen LogP contribution is 2.42. The summed E-state index contributed by atoms with van der Waals surface area (Å²) < 4.78 is 1.84. The Morgan fingerprint density at radius 1 is 1.35 bits per heavy atom. The van der Waals surface area contributed by atoms with Crippen LogP contribution in [0.25, 0.3) is 0 Å². The van der Waals surface area contributed by atoms with Crippen molar-refractivity contribution < 1.29 is 0 Å². The summed E-state index contributed by atoms with van der Waals surface area (Å²) >= 11 is 6.35. The molecular weight excluding hydrogens is 274 g/mol. The van der Waals surface area contributed by atoms with Gasteiger partial charge < -0.3 is 4.90 Å². The quantitative estimate of drug-likeness (QED) is 0.508. The van der Waals surface area contributed by atoms with E-state index < -0.39 is 0 Å². The predicted octanol–water partition coefficient (Wildman–Crippen LogP) is 2.23. The summed E-state index contributed by atoms with van der Waals surface area (Å²) in [4.78, 5) is 2.31. The number of hydrogen-bond acceptors (Lipinski definition) is 4. The highest BCUT2D eigenvalue weighted by Gasteiger charge is 2.43. The van der Waals surface area contributed by atoms with Crippen LogP contribution in [0.3, 0.4) is 0 Å². The number of nitrogens with one attached hydrogen (secondary N) is 1. The molecule has 1 aliphatic rings. The number of nitrogens with zero attached hydrogens (tertiary/aromatic N) is 3. The number of hydrogen-bond donors (Lipinski definition) is 2. The molecule has 0 aromatic carbocycles. The molecule has 5 nitrogen and oxygen atoms in total. The van der Waals surface area contributed by atoms with Gasteiger partial charge >= 0.3 is 0 Å². The van der Waals surface area contributed by atoms with E-state index in [2.05, 4.69) is 29.5 Å². The summed E-state index contributed by atoms with van der Waals surface area (Å²) in [6, 6.07) is -0.0180.